The quantitative estimate of drug-likeness (QED) is 0.833. The Morgan fingerprint density at radius 2 is 2.00 bits per heavy atom. The molecule has 2 amide bonds. The molecule has 0 bridgehead atoms. The van der Waals surface area contributed by atoms with E-state index in [1.807, 2.05) is 12.1 Å². The summed E-state index contributed by atoms with van der Waals surface area (Å²) in [5, 5.41) is 3.10. The smallest absolute Gasteiger partial charge is 0.255 e. The number of benzene rings is 2. The number of aryl methyl sites for hydroxylation is 1. The number of fused-ring (bicyclic) bond motifs is 1. The first-order valence-corrected chi connectivity index (χ1v) is 8.56. The zero-order chi connectivity index (χ0) is 18.5. The van der Waals surface area contributed by atoms with Gasteiger partial charge in [0.05, 0.1) is 13.2 Å². The Balaban J connectivity index is 1.75. The van der Waals surface area contributed by atoms with E-state index in [0.717, 1.165) is 19.3 Å². The van der Waals surface area contributed by atoms with Crippen LogP contribution < -0.4 is 20.5 Å². The van der Waals surface area contributed by atoms with Crippen molar-refractivity contribution in [2.24, 2.45) is 5.73 Å². The highest BCUT2D eigenvalue weighted by Gasteiger charge is 2.22. The van der Waals surface area contributed by atoms with E-state index in [1.165, 1.54) is 18.2 Å². The van der Waals surface area contributed by atoms with Crippen molar-refractivity contribution in [1.29, 1.82) is 0 Å². The van der Waals surface area contributed by atoms with Gasteiger partial charge in [0.2, 0.25) is 0 Å². The van der Waals surface area contributed by atoms with Gasteiger partial charge in [-0.3, -0.25) is 9.59 Å². The summed E-state index contributed by atoms with van der Waals surface area (Å²) in [6.07, 6.45) is 3.01. The first-order valence-electron chi connectivity index (χ1n) is 8.56. The van der Waals surface area contributed by atoms with Crippen LogP contribution in [0.4, 0.5) is 0 Å². The first kappa shape index (κ1) is 17.8. The maximum absolute atomic E-state index is 12.7. The lowest BCUT2D eigenvalue weighted by Gasteiger charge is -2.26. The van der Waals surface area contributed by atoms with Crippen LogP contribution in [0.5, 0.6) is 11.5 Å². The standard InChI is InChI=1S/C20H22N2O4/c1-25-18-11-14(9-10-17(18)26-12-19(21)23)20(24)22-16-8-4-6-13-5-2-3-7-15(13)16/h2-3,5,7,9-11,16H,4,6,8,12H2,1H3,(H2,21,23)(H,22,24). The molecule has 6 nitrogen and oxygen atoms in total. The molecule has 0 radical (unpaired) electrons. The second-order valence-electron chi connectivity index (χ2n) is 6.24. The average molecular weight is 354 g/mol. The minimum Gasteiger partial charge on any atom is -0.493 e. The van der Waals surface area contributed by atoms with Crippen LogP contribution >= 0.6 is 0 Å². The van der Waals surface area contributed by atoms with E-state index in [2.05, 4.69) is 17.4 Å². The van der Waals surface area contributed by atoms with E-state index < -0.39 is 5.91 Å². The van der Waals surface area contributed by atoms with E-state index in [4.69, 9.17) is 15.2 Å². The van der Waals surface area contributed by atoms with Gasteiger partial charge in [-0.2, -0.15) is 0 Å². The van der Waals surface area contributed by atoms with Crippen LogP contribution in [0.3, 0.4) is 0 Å². The van der Waals surface area contributed by atoms with Gasteiger partial charge in [-0.05, 0) is 48.6 Å². The van der Waals surface area contributed by atoms with E-state index in [9.17, 15) is 9.59 Å². The fourth-order valence-electron chi connectivity index (χ4n) is 3.22. The lowest BCUT2D eigenvalue weighted by atomic mass is 9.87. The van der Waals surface area contributed by atoms with Gasteiger partial charge in [0, 0.05) is 5.56 Å². The molecule has 0 saturated heterocycles. The van der Waals surface area contributed by atoms with Crippen molar-refractivity contribution < 1.29 is 19.1 Å². The van der Waals surface area contributed by atoms with Crippen LogP contribution in [-0.4, -0.2) is 25.5 Å². The summed E-state index contributed by atoms with van der Waals surface area (Å²) in [5.41, 5.74) is 8.02. The number of ether oxygens (including phenoxy) is 2. The van der Waals surface area contributed by atoms with Gasteiger partial charge in [0.1, 0.15) is 0 Å². The normalized spacial score (nSPS) is 15.7. The van der Waals surface area contributed by atoms with Crippen molar-refractivity contribution >= 4 is 11.8 Å². The van der Waals surface area contributed by atoms with Crippen LogP contribution in [0.1, 0.15) is 40.4 Å². The number of nitrogens with two attached hydrogens (primary N) is 1. The van der Waals surface area contributed by atoms with Crippen molar-refractivity contribution in [3.63, 3.8) is 0 Å². The highest BCUT2D eigenvalue weighted by molar-refractivity contribution is 5.95. The zero-order valence-electron chi connectivity index (χ0n) is 14.7. The number of methoxy groups -OCH3 is 1. The Bertz CT molecular complexity index is 819. The maximum Gasteiger partial charge on any atom is 0.255 e. The van der Waals surface area contributed by atoms with E-state index in [0.29, 0.717) is 17.1 Å². The van der Waals surface area contributed by atoms with Gasteiger partial charge in [0.25, 0.3) is 11.8 Å². The summed E-state index contributed by atoms with van der Waals surface area (Å²) in [5.74, 6) is -0.00917. The molecule has 0 aliphatic heterocycles. The fourth-order valence-corrected chi connectivity index (χ4v) is 3.22. The van der Waals surface area contributed by atoms with Crippen molar-refractivity contribution in [2.45, 2.75) is 25.3 Å². The number of hydrogen-bond acceptors (Lipinski definition) is 4. The van der Waals surface area contributed by atoms with Gasteiger partial charge in [-0.25, -0.2) is 0 Å². The molecule has 0 heterocycles. The van der Waals surface area contributed by atoms with Crippen molar-refractivity contribution in [3.8, 4) is 11.5 Å². The van der Waals surface area contributed by atoms with Crippen molar-refractivity contribution in [2.75, 3.05) is 13.7 Å². The third-order valence-electron chi connectivity index (χ3n) is 4.47. The Labute approximate surface area is 152 Å². The third-order valence-corrected chi connectivity index (χ3v) is 4.47. The summed E-state index contributed by atoms with van der Waals surface area (Å²) < 4.78 is 10.5. The number of rotatable bonds is 6. The lowest BCUT2D eigenvalue weighted by molar-refractivity contribution is -0.119. The average Bonchev–Trinajstić information content (AvgIpc) is 2.66. The number of carbonyl (C=O) groups is 2. The number of nitrogens with one attached hydrogen (secondary N) is 1. The van der Waals surface area contributed by atoms with Crippen LogP contribution in [0.15, 0.2) is 42.5 Å². The first-order chi connectivity index (χ1) is 12.6. The molecule has 1 aliphatic carbocycles. The molecule has 6 heteroatoms. The van der Waals surface area contributed by atoms with Gasteiger partial charge in [-0.15, -0.1) is 0 Å². The van der Waals surface area contributed by atoms with E-state index in [-0.39, 0.29) is 18.6 Å². The van der Waals surface area contributed by atoms with Crippen LogP contribution in [0.2, 0.25) is 0 Å². The monoisotopic (exact) mass is 354 g/mol. The second-order valence-corrected chi connectivity index (χ2v) is 6.24. The fraction of sp³-hybridized carbons (Fsp3) is 0.300. The van der Waals surface area contributed by atoms with Crippen LogP contribution in [0, 0.1) is 0 Å². The van der Waals surface area contributed by atoms with Gasteiger partial charge in [0.15, 0.2) is 18.1 Å². The lowest BCUT2D eigenvalue weighted by Crippen LogP contribution is -2.31. The van der Waals surface area contributed by atoms with Crippen LogP contribution in [-0.2, 0) is 11.2 Å². The van der Waals surface area contributed by atoms with Gasteiger partial charge < -0.3 is 20.5 Å². The summed E-state index contributed by atoms with van der Waals surface area (Å²) >= 11 is 0. The molecule has 1 aliphatic rings. The molecule has 3 rings (SSSR count). The molecule has 2 aromatic rings. The molecule has 0 fully saturated rings. The predicted octanol–water partition coefficient (Wildman–Crippen LogP) is 2.37. The molecule has 0 spiro atoms. The number of primary amides is 1. The summed E-state index contributed by atoms with van der Waals surface area (Å²) in [7, 11) is 1.48. The topological polar surface area (TPSA) is 90.7 Å². The second kappa shape index (κ2) is 7.91. The Morgan fingerprint density at radius 3 is 2.77 bits per heavy atom. The molecule has 1 unspecified atom stereocenters. The third kappa shape index (κ3) is 3.96. The molecular formula is C20H22N2O4. The van der Waals surface area contributed by atoms with Crippen LogP contribution in [0.25, 0.3) is 0 Å². The van der Waals surface area contributed by atoms with Gasteiger partial charge in [-0.1, -0.05) is 24.3 Å². The van der Waals surface area contributed by atoms with Gasteiger partial charge >= 0.3 is 0 Å². The summed E-state index contributed by atoms with van der Waals surface area (Å²) in [6, 6.07) is 13.1. The predicted molar refractivity (Wildman–Crippen MR) is 97.3 cm³/mol. The molecule has 2 aromatic carbocycles. The molecule has 1 atom stereocenters. The van der Waals surface area contributed by atoms with Crippen molar-refractivity contribution in [3.05, 3.63) is 59.2 Å². The SMILES string of the molecule is COc1cc(C(=O)NC2CCCc3ccccc32)ccc1OCC(N)=O. The minimum atomic E-state index is -0.579. The summed E-state index contributed by atoms with van der Waals surface area (Å²) in [6.45, 7) is -0.249. The highest BCUT2D eigenvalue weighted by Crippen LogP contribution is 2.31. The van der Waals surface area contributed by atoms with E-state index in [1.54, 1.807) is 18.2 Å². The molecule has 3 N–H and O–H groups in total. The largest absolute Gasteiger partial charge is 0.493 e. The number of amides is 2. The zero-order valence-corrected chi connectivity index (χ0v) is 14.7. The molecule has 136 valence electrons. The molecule has 0 aromatic heterocycles. The highest BCUT2D eigenvalue weighted by atomic mass is 16.5. The Kier molecular flexibility index (Phi) is 5.41. The summed E-state index contributed by atoms with van der Waals surface area (Å²) in [4.78, 5) is 23.5. The molecular weight excluding hydrogens is 332 g/mol. The Morgan fingerprint density at radius 1 is 1.19 bits per heavy atom. The molecule has 0 saturated carbocycles. The van der Waals surface area contributed by atoms with E-state index >= 15 is 0 Å². The number of carbonyl (C=O) groups excluding carboxylic acids is 2. The maximum atomic E-state index is 12.7. The Hall–Kier alpha value is -3.02. The molecule has 26 heavy (non-hydrogen) atoms. The minimum absolute atomic E-state index is 0.00392. The number of hydrogen-bond donors (Lipinski definition) is 2. The van der Waals surface area contributed by atoms with Crippen molar-refractivity contribution in [1.82, 2.24) is 5.32 Å².